The van der Waals surface area contributed by atoms with Crippen LogP contribution in [-0.4, -0.2) is 22.1 Å². The highest BCUT2D eigenvalue weighted by Gasteiger charge is 2.15. The van der Waals surface area contributed by atoms with Gasteiger partial charge in [-0.3, -0.25) is 4.79 Å². The third kappa shape index (κ3) is 4.98. The van der Waals surface area contributed by atoms with E-state index in [1.54, 1.807) is 12.1 Å². The van der Waals surface area contributed by atoms with E-state index in [9.17, 15) is 4.79 Å². The molecule has 31 heavy (non-hydrogen) atoms. The first-order valence-electron chi connectivity index (χ1n) is 9.98. The van der Waals surface area contributed by atoms with Gasteiger partial charge in [-0.05, 0) is 55.5 Å². The second kappa shape index (κ2) is 9.53. The molecule has 1 amide bonds. The molecular weight excluding hydrogens is 414 g/mol. The van der Waals surface area contributed by atoms with Gasteiger partial charge < -0.3 is 19.4 Å². The quantitative estimate of drug-likeness (QED) is 0.407. The van der Waals surface area contributed by atoms with Crippen molar-refractivity contribution in [2.24, 2.45) is 0 Å². The van der Waals surface area contributed by atoms with Crippen molar-refractivity contribution in [3.05, 3.63) is 83.6 Å². The van der Waals surface area contributed by atoms with Gasteiger partial charge in [0.15, 0.2) is 0 Å². The van der Waals surface area contributed by atoms with Crippen LogP contribution in [0.2, 0.25) is 5.02 Å². The van der Waals surface area contributed by atoms with Crippen molar-refractivity contribution >= 4 is 34.2 Å². The van der Waals surface area contributed by atoms with Crippen molar-refractivity contribution in [1.29, 1.82) is 0 Å². The molecule has 158 valence electrons. The monoisotopic (exact) mass is 435 g/mol. The molecule has 3 aromatic carbocycles. The average Bonchev–Trinajstić information content (AvgIpc) is 3.12. The standard InChI is InChI=1S/C24H22ClN3O3/c1-2-30-18-13-11-17(12-14-18)26-24(29)15-28-21-9-5-4-8-20(21)27-23(28)16-31-22-10-6-3-7-19(22)25/h3-14H,2,15-16H2,1H3,(H,26,29). The number of benzene rings is 3. The molecule has 7 heteroatoms. The number of aromatic nitrogens is 2. The van der Waals surface area contributed by atoms with E-state index in [4.69, 9.17) is 21.1 Å². The van der Waals surface area contributed by atoms with Crippen molar-refractivity contribution in [2.75, 3.05) is 11.9 Å². The van der Waals surface area contributed by atoms with Gasteiger partial charge in [0, 0.05) is 5.69 Å². The number of fused-ring (bicyclic) bond motifs is 1. The fourth-order valence-corrected chi connectivity index (χ4v) is 3.45. The van der Waals surface area contributed by atoms with Crippen LogP contribution in [0, 0.1) is 0 Å². The zero-order chi connectivity index (χ0) is 21.6. The molecule has 0 fully saturated rings. The van der Waals surface area contributed by atoms with E-state index in [0.29, 0.717) is 28.9 Å². The van der Waals surface area contributed by atoms with E-state index >= 15 is 0 Å². The molecule has 1 aromatic heterocycles. The van der Waals surface area contributed by atoms with E-state index < -0.39 is 0 Å². The highest BCUT2D eigenvalue weighted by atomic mass is 35.5. The Morgan fingerprint density at radius 3 is 2.52 bits per heavy atom. The van der Waals surface area contributed by atoms with Crippen LogP contribution in [0.3, 0.4) is 0 Å². The summed E-state index contributed by atoms with van der Waals surface area (Å²) in [5.41, 5.74) is 2.36. The number of imidazole rings is 1. The molecule has 6 nitrogen and oxygen atoms in total. The van der Waals surface area contributed by atoms with E-state index in [1.165, 1.54) is 0 Å². The van der Waals surface area contributed by atoms with E-state index in [-0.39, 0.29) is 19.1 Å². The first kappa shape index (κ1) is 20.8. The van der Waals surface area contributed by atoms with Gasteiger partial charge in [0.2, 0.25) is 5.91 Å². The molecule has 0 spiro atoms. The maximum atomic E-state index is 12.8. The molecule has 4 rings (SSSR count). The number of ether oxygens (including phenoxy) is 2. The predicted octanol–water partition coefficient (Wildman–Crippen LogP) is 5.31. The first-order valence-corrected chi connectivity index (χ1v) is 10.4. The Bertz CT molecular complexity index is 1190. The summed E-state index contributed by atoms with van der Waals surface area (Å²) < 4.78 is 13.2. The highest BCUT2D eigenvalue weighted by molar-refractivity contribution is 6.32. The smallest absolute Gasteiger partial charge is 0.244 e. The molecule has 0 bridgehead atoms. The predicted molar refractivity (Wildman–Crippen MR) is 122 cm³/mol. The number of hydrogen-bond acceptors (Lipinski definition) is 4. The van der Waals surface area contributed by atoms with Gasteiger partial charge in [-0.25, -0.2) is 4.98 Å². The number of nitrogens with zero attached hydrogens (tertiary/aromatic N) is 2. The lowest BCUT2D eigenvalue weighted by Crippen LogP contribution is -2.20. The lowest BCUT2D eigenvalue weighted by molar-refractivity contribution is -0.116. The summed E-state index contributed by atoms with van der Waals surface area (Å²) in [6.45, 7) is 2.82. The van der Waals surface area contributed by atoms with E-state index in [2.05, 4.69) is 10.3 Å². The molecule has 0 atom stereocenters. The van der Waals surface area contributed by atoms with Gasteiger partial charge in [-0.15, -0.1) is 0 Å². The van der Waals surface area contributed by atoms with Gasteiger partial charge in [0.25, 0.3) is 0 Å². The Balaban J connectivity index is 1.52. The summed E-state index contributed by atoms with van der Waals surface area (Å²) >= 11 is 6.19. The summed E-state index contributed by atoms with van der Waals surface area (Å²) in [7, 11) is 0. The number of rotatable bonds is 8. The molecule has 0 aliphatic rings. The SMILES string of the molecule is CCOc1ccc(NC(=O)Cn2c(COc3ccccc3Cl)nc3ccccc32)cc1. The van der Waals surface area contributed by atoms with Crippen LogP contribution in [0.15, 0.2) is 72.8 Å². The summed E-state index contributed by atoms with van der Waals surface area (Å²) in [5, 5.41) is 3.45. The fraction of sp³-hybridized carbons (Fsp3) is 0.167. The van der Waals surface area contributed by atoms with Crippen LogP contribution in [0.4, 0.5) is 5.69 Å². The molecule has 4 aromatic rings. The number of carbonyl (C=O) groups is 1. The lowest BCUT2D eigenvalue weighted by Gasteiger charge is -2.12. The van der Waals surface area contributed by atoms with Crippen molar-refractivity contribution < 1.29 is 14.3 Å². The Morgan fingerprint density at radius 2 is 1.74 bits per heavy atom. The molecule has 0 aliphatic carbocycles. The van der Waals surface area contributed by atoms with Crippen molar-refractivity contribution in [1.82, 2.24) is 9.55 Å². The normalized spacial score (nSPS) is 10.8. The Morgan fingerprint density at radius 1 is 1.00 bits per heavy atom. The number of anilines is 1. The Hall–Kier alpha value is -3.51. The molecular formula is C24H22ClN3O3. The van der Waals surface area contributed by atoms with Crippen molar-refractivity contribution in [2.45, 2.75) is 20.1 Å². The lowest BCUT2D eigenvalue weighted by atomic mass is 10.3. The zero-order valence-electron chi connectivity index (χ0n) is 17.0. The van der Waals surface area contributed by atoms with Crippen LogP contribution in [-0.2, 0) is 17.9 Å². The Kier molecular flexibility index (Phi) is 6.38. The van der Waals surface area contributed by atoms with Crippen LogP contribution in [0.25, 0.3) is 11.0 Å². The molecule has 0 aliphatic heterocycles. The molecule has 0 unspecified atom stereocenters. The zero-order valence-corrected chi connectivity index (χ0v) is 17.8. The Labute approximate surface area is 185 Å². The average molecular weight is 436 g/mol. The maximum absolute atomic E-state index is 12.8. The van der Waals surface area contributed by atoms with Crippen molar-refractivity contribution in [3.8, 4) is 11.5 Å². The summed E-state index contributed by atoms with van der Waals surface area (Å²) in [5.74, 6) is 1.82. The van der Waals surface area contributed by atoms with Gasteiger partial charge in [-0.1, -0.05) is 35.9 Å². The third-order valence-electron chi connectivity index (χ3n) is 4.68. The van der Waals surface area contributed by atoms with E-state index in [1.807, 2.05) is 72.2 Å². The van der Waals surface area contributed by atoms with Gasteiger partial charge >= 0.3 is 0 Å². The number of halogens is 1. The van der Waals surface area contributed by atoms with Crippen LogP contribution in [0.5, 0.6) is 11.5 Å². The molecule has 1 heterocycles. The number of carbonyl (C=O) groups excluding carboxylic acids is 1. The third-order valence-corrected chi connectivity index (χ3v) is 4.99. The topological polar surface area (TPSA) is 65.4 Å². The maximum Gasteiger partial charge on any atom is 0.244 e. The summed E-state index contributed by atoms with van der Waals surface area (Å²) in [4.78, 5) is 17.4. The minimum atomic E-state index is -0.161. The fourth-order valence-electron chi connectivity index (χ4n) is 3.26. The minimum Gasteiger partial charge on any atom is -0.494 e. The number of para-hydroxylation sites is 3. The van der Waals surface area contributed by atoms with Gasteiger partial charge in [0.05, 0.1) is 22.7 Å². The second-order valence-corrected chi connectivity index (χ2v) is 7.23. The van der Waals surface area contributed by atoms with Gasteiger partial charge in [-0.2, -0.15) is 0 Å². The number of amides is 1. The van der Waals surface area contributed by atoms with Crippen molar-refractivity contribution in [3.63, 3.8) is 0 Å². The summed E-state index contributed by atoms with van der Waals surface area (Å²) in [6.07, 6.45) is 0. The van der Waals surface area contributed by atoms with Crippen LogP contribution in [0.1, 0.15) is 12.7 Å². The van der Waals surface area contributed by atoms with Crippen LogP contribution >= 0.6 is 11.6 Å². The highest BCUT2D eigenvalue weighted by Crippen LogP contribution is 2.25. The van der Waals surface area contributed by atoms with Crippen LogP contribution < -0.4 is 14.8 Å². The largest absolute Gasteiger partial charge is 0.494 e. The van der Waals surface area contributed by atoms with Gasteiger partial charge in [0.1, 0.15) is 30.5 Å². The second-order valence-electron chi connectivity index (χ2n) is 6.83. The summed E-state index contributed by atoms with van der Waals surface area (Å²) in [6, 6.07) is 22.2. The first-order chi connectivity index (χ1) is 15.1. The van der Waals surface area contributed by atoms with E-state index in [0.717, 1.165) is 16.8 Å². The molecule has 0 saturated carbocycles. The number of hydrogen-bond donors (Lipinski definition) is 1. The molecule has 0 radical (unpaired) electrons. The molecule has 0 saturated heterocycles. The minimum absolute atomic E-state index is 0.106. The molecule has 1 N–H and O–H groups in total. The number of nitrogens with one attached hydrogen (secondary N) is 1.